The van der Waals surface area contributed by atoms with Crippen molar-refractivity contribution in [1.82, 2.24) is 0 Å². The van der Waals surface area contributed by atoms with Gasteiger partial charge in [0.2, 0.25) is 0 Å². The van der Waals surface area contributed by atoms with Gasteiger partial charge in [-0.1, -0.05) is 0 Å². The first-order chi connectivity index (χ1) is 13.4. The first kappa shape index (κ1) is 31.7. The summed E-state index contributed by atoms with van der Waals surface area (Å²) in [5, 5.41) is -7.47. The SMILES string of the molecule is CC(F)(F)OS(=O)(=O)C(F)(F)C(F)(F)OC(F)(C(F)(F)F)C(F)(F)OC(F)(Br)C(F)(F)Br. The molecule has 2 unspecified atom stereocenters. The Morgan fingerprint density at radius 2 is 1.03 bits per heavy atom. The molecule has 32 heavy (non-hydrogen) atoms. The molecular weight excluding hydrogens is 665 g/mol. The Kier molecular flexibility index (Phi) is 8.38. The third kappa shape index (κ3) is 6.24. The van der Waals surface area contributed by atoms with E-state index >= 15 is 0 Å². The molecule has 0 saturated heterocycles. The van der Waals surface area contributed by atoms with Crippen LogP contribution in [0.1, 0.15) is 6.92 Å². The van der Waals surface area contributed by atoms with Crippen LogP contribution < -0.4 is 0 Å². The zero-order valence-electron chi connectivity index (χ0n) is 13.9. The van der Waals surface area contributed by atoms with Gasteiger partial charge in [0.05, 0.1) is 0 Å². The van der Waals surface area contributed by atoms with Crippen LogP contribution in [0, 0.1) is 0 Å². The fourth-order valence-electron chi connectivity index (χ4n) is 1.19. The van der Waals surface area contributed by atoms with E-state index in [1.807, 2.05) is 0 Å². The van der Waals surface area contributed by atoms with Crippen LogP contribution in [0.4, 0.5) is 65.9 Å². The minimum Gasteiger partial charge on any atom is -0.262 e. The van der Waals surface area contributed by atoms with Crippen LogP contribution in [0.15, 0.2) is 0 Å². The molecule has 0 amide bonds. The first-order valence-electron chi connectivity index (χ1n) is 6.44. The second-order valence-corrected chi connectivity index (χ2v) is 8.81. The van der Waals surface area contributed by atoms with Crippen molar-refractivity contribution >= 4 is 42.0 Å². The molecule has 0 rings (SSSR count). The lowest BCUT2D eigenvalue weighted by molar-refractivity contribution is -0.524. The summed E-state index contributed by atoms with van der Waals surface area (Å²) >= 11 is 1.82. The van der Waals surface area contributed by atoms with E-state index in [0.717, 1.165) is 31.9 Å². The van der Waals surface area contributed by atoms with Crippen LogP contribution in [-0.2, 0) is 23.8 Å². The van der Waals surface area contributed by atoms with Crippen molar-refractivity contribution in [3.05, 3.63) is 0 Å². The molecule has 0 aromatic rings. The summed E-state index contributed by atoms with van der Waals surface area (Å²) in [5.41, 5.74) is 0. The highest BCUT2D eigenvalue weighted by Crippen LogP contribution is 2.56. The smallest absolute Gasteiger partial charge is 0.262 e. The number of ether oxygens (including phenoxy) is 2. The van der Waals surface area contributed by atoms with E-state index < -0.39 is 62.2 Å². The molecular formula is C9H3Br2F15O5S. The van der Waals surface area contributed by atoms with Crippen molar-refractivity contribution in [2.75, 3.05) is 0 Å². The summed E-state index contributed by atoms with van der Waals surface area (Å²) in [6.07, 6.45) is -28.1. The zero-order chi connectivity index (χ0) is 26.6. The molecule has 0 aliphatic carbocycles. The van der Waals surface area contributed by atoms with Gasteiger partial charge in [0, 0.05) is 6.92 Å². The van der Waals surface area contributed by atoms with Crippen molar-refractivity contribution in [3.8, 4) is 0 Å². The standard InChI is InChI=1S/C9H3Br2F15O5S/c1-2(12,13)31-32(27,28)9(25,26)8(23,24)29-3(14,6(18,19)20)7(21,22)30-5(11,17)4(10,15)16/h1H3. The molecule has 0 aliphatic rings. The Morgan fingerprint density at radius 3 is 1.31 bits per heavy atom. The Morgan fingerprint density at radius 1 is 0.656 bits per heavy atom. The third-order valence-corrected chi connectivity index (χ3v) is 5.58. The highest BCUT2D eigenvalue weighted by molar-refractivity contribution is 9.12. The normalized spacial score (nSPS) is 19.4. The van der Waals surface area contributed by atoms with Crippen molar-refractivity contribution in [1.29, 1.82) is 0 Å². The summed E-state index contributed by atoms with van der Waals surface area (Å²) in [5.74, 6) is -7.72. The van der Waals surface area contributed by atoms with Crippen molar-refractivity contribution < 1.29 is 87.9 Å². The predicted octanol–water partition coefficient (Wildman–Crippen LogP) is 5.99. The number of hydrogen-bond donors (Lipinski definition) is 0. The topological polar surface area (TPSA) is 61.8 Å². The maximum atomic E-state index is 13.9. The summed E-state index contributed by atoms with van der Waals surface area (Å²) in [4.78, 5) is -5.48. The Labute approximate surface area is 182 Å². The van der Waals surface area contributed by atoms with Crippen LogP contribution >= 0.6 is 31.9 Å². The fourth-order valence-corrected chi connectivity index (χ4v) is 2.30. The van der Waals surface area contributed by atoms with Gasteiger partial charge in [0.25, 0.3) is 0 Å². The molecule has 0 N–H and O–H groups in total. The Balaban J connectivity index is 6.57. The van der Waals surface area contributed by atoms with E-state index in [-0.39, 0.29) is 0 Å². The molecule has 5 nitrogen and oxygen atoms in total. The second-order valence-electron chi connectivity index (χ2n) is 5.21. The van der Waals surface area contributed by atoms with Crippen molar-refractivity contribution in [2.24, 2.45) is 0 Å². The van der Waals surface area contributed by atoms with Gasteiger partial charge < -0.3 is 0 Å². The number of rotatable bonds is 10. The highest BCUT2D eigenvalue weighted by Gasteiger charge is 2.83. The summed E-state index contributed by atoms with van der Waals surface area (Å²) in [7, 11) is -7.79. The quantitative estimate of drug-likeness (QED) is 0.163. The number of hydrogen-bond acceptors (Lipinski definition) is 5. The fraction of sp³-hybridized carbons (Fsp3) is 1.00. The first-order valence-corrected chi connectivity index (χ1v) is 9.43. The van der Waals surface area contributed by atoms with E-state index in [1.54, 1.807) is 4.74 Å². The van der Waals surface area contributed by atoms with Crippen LogP contribution in [-0.4, -0.2) is 53.6 Å². The lowest BCUT2D eigenvalue weighted by Gasteiger charge is -2.39. The average molecular weight is 668 g/mol. The lowest BCUT2D eigenvalue weighted by atomic mass is 10.2. The molecule has 23 heteroatoms. The third-order valence-electron chi connectivity index (χ3n) is 2.50. The van der Waals surface area contributed by atoms with Gasteiger partial charge in [-0.05, 0) is 31.9 Å². The van der Waals surface area contributed by atoms with Crippen LogP contribution in [0.25, 0.3) is 0 Å². The monoisotopic (exact) mass is 666 g/mol. The molecule has 0 spiro atoms. The van der Waals surface area contributed by atoms with E-state index in [2.05, 4.69) is 8.92 Å². The van der Waals surface area contributed by atoms with Gasteiger partial charge >= 0.3 is 55.3 Å². The Hall–Kier alpha value is -0.260. The van der Waals surface area contributed by atoms with Gasteiger partial charge in [-0.2, -0.15) is 78.5 Å². The maximum absolute atomic E-state index is 13.9. The summed E-state index contributed by atoms with van der Waals surface area (Å²) in [6.45, 7) is -0.673. The van der Waals surface area contributed by atoms with E-state index in [4.69, 9.17) is 0 Å². The molecule has 2 atom stereocenters. The average Bonchev–Trinajstić information content (AvgIpc) is 2.39. The van der Waals surface area contributed by atoms with Crippen LogP contribution in [0.5, 0.6) is 0 Å². The molecule has 0 aromatic carbocycles. The van der Waals surface area contributed by atoms with E-state index in [9.17, 15) is 74.3 Å². The van der Waals surface area contributed by atoms with Gasteiger partial charge in [-0.15, -0.1) is 0 Å². The minimum absolute atomic E-state index is 0.673. The van der Waals surface area contributed by atoms with Gasteiger partial charge in [-0.3, -0.25) is 9.47 Å². The van der Waals surface area contributed by atoms with Crippen LogP contribution in [0.3, 0.4) is 0 Å². The molecule has 0 saturated carbocycles. The van der Waals surface area contributed by atoms with Crippen molar-refractivity contribution in [3.63, 3.8) is 0 Å². The molecule has 0 aromatic heterocycles. The van der Waals surface area contributed by atoms with E-state index in [0.29, 0.717) is 0 Å². The molecule has 194 valence electrons. The van der Waals surface area contributed by atoms with Gasteiger partial charge in [-0.25, -0.2) is 0 Å². The minimum atomic E-state index is -7.79. The number of halogens is 17. The number of alkyl halides is 17. The molecule has 0 heterocycles. The molecule has 0 aliphatic heterocycles. The van der Waals surface area contributed by atoms with Gasteiger partial charge in [0.1, 0.15) is 0 Å². The molecule has 0 radical (unpaired) electrons. The summed E-state index contributed by atoms with van der Waals surface area (Å²) in [6, 6.07) is 0. The highest BCUT2D eigenvalue weighted by atomic mass is 79.9. The zero-order valence-corrected chi connectivity index (χ0v) is 17.9. The Bertz CT molecular complexity index is 787. The predicted molar refractivity (Wildman–Crippen MR) is 74.2 cm³/mol. The molecule has 0 bridgehead atoms. The van der Waals surface area contributed by atoms with Gasteiger partial charge in [0.15, 0.2) is 0 Å². The summed E-state index contributed by atoms with van der Waals surface area (Å²) < 4.78 is 218. The second kappa shape index (κ2) is 8.45. The van der Waals surface area contributed by atoms with Crippen LogP contribution in [0.2, 0.25) is 0 Å². The van der Waals surface area contributed by atoms with Crippen molar-refractivity contribution in [2.45, 2.75) is 52.1 Å². The molecule has 0 fully saturated rings. The van der Waals surface area contributed by atoms with E-state index in [1.165, 1.54) is 0 Å². The lowest BCUT2D eigenvalue weighted by Crippen LogP contribution is -2.66. The largest absolute Gasteiger partial charge is 0.460 e. The maximum Gasteiger partial charge on any atom is 0.460 e.